The van der Waals surface area contributed by atoms with Gasteiger partial charge in [-0.15, -0.1) is 0 Å². The van der Waals surface area contributed by atoms with Crippen molar-refractivity contribution in [3.05, 3.63) is 41.6 Å². The Balaban J connectivity index is 2.75. The smallest absolute Gasteiger partial charge is 0.256 e. The van der Waals surface area contributed by atoms with E-state index in [0.29, 0.717) is 10.9 Å². The molecule has 0 aliphatic rings. The normalized spacial score (nSPS) is 11.4. The molecule has 0 saturated heterocycles. The predicted octanol–water partition coefficient (Wildman–Crippen LogP) is 3.32. The molecule has 0 aliphatic heterocycles. The van der Waals surface area contributed by atoms with Gasteiger partial charge in [0.2, 0.25) is 0 Å². The molecule has 0 bridgehead atoms. The standard InChI is InChI=1S/C12H7F3N2/c13-12(14,15)10-7-8(3-4-16)6-9-2-1-5-17-11(9)10/h1-2,5-7H,3H2. The maximum Gasteiger partial charge on any atom is 0.418 e. The van der Waals surface area contributed by atoms with E-state index in [-0.39, 0.29) is 11.9 Å². The molecule has 0 saturated carbocycles. The molecule has 5 heteroatoms. The van der Waals surface area contributed by atoms with Gasteiger partial charge in [-0.1, -0.05) is 6.07 Å². The van der Waals surface area contributed by atoms with Gasteiger partial charge < -0.3 is 0 Å². The van der Waals surface area contributed by atoms with Gasteiger partial charge in [0.05, 0.1) is 23.6 Å². The van der Waals surface area contributed by atoms with Crippen LogP contribution in [0.4, 0.5) is 13.2 Å². The molecule has 2 rings (SSSR count). The highest BCUT2D eigenvalue weighted by molar-refractivity contribution is 5.83. The Bertz CT molecular complexity index is 597. The Morgan fingerprint density at radius 1 is 1.29 bits per heavy atom. The van der Waals surface area contributed by atoms with E-state index in [4.69, 9.17) is 5.26 Å². The predicted molar refractivity (Wildman–Crippen MR) is 56.1 cm³/mol. The molecule has 1 aromatic carbocycles. The molecule has 0 amide bonds. The Morgan fingerprint density at radius 2 is 2.06 bits per heavy atom. The average Bonchev–Trinajstić information content (AvgIpc) is 2.27. The second-order valence-electron chi connectivity index (χ2n) is 3.55. The molecule has 0 spiro atoms. The van der Waals surface area contributed by atoms with Crippen molar-refractivity contribution in [2.24, 2.45) is 0 Å². The largest absolute Gasteiger partial charge is 0.418 e. The zero-order valence-electron chi connectivity index (χ0n) is 8.62. The first-order valence-corrected chi connectivity index (χ1v) is 4.84. The van der Waals surface area contributed by atoms with Crippen LogP contribution in [0.25, 0.3) is 10.9 Å². The Kier molecular flexibility index (Phi) is 2.72. The number of nitriles is 1. The van der Waals surface area contributed by atoms with Gasteiger partial charge in [-0.3, -0.25) is 4.98 Å². The zero-order valence-corrected chi connectivity index (χ0v) is 8.62. The molecule has 0 atom stereocenters. The molecule has 2 nitrogen and oxygen atoms in total. The number of pyridine rings is 1. The third kappa shape index (κ3) is 2.21. The number of halogens is 3. The summed E-state index contributed by atoms with van der Waals surface area (Å²) < 4.78 is 38.4. The lowest BCUT2D eigenvalue weighted by atomic mass is 10.0. The summed E-state index contributed by atoms with van der Waals surface area (Å²) in [5, 5.41) is 8.93. The summed E-state index contributed by atoms with van der Waals surface area (Å²) in [5.74, 6) is 0. The van der Waals surface area contributed by atoms with Gasteiger partial charge in [0.25, 0.3) is 0 Å². The van der Waals surface area contributed by atoms with Gasteiger partial charge >= 0.3 is 6.18 Å². The van der Waals surface area contributed by atoms with Gasteiger partial charge in [0, 0.05) is 11.6 Å². The lowest BCUT2D eigenvalue weighted by Gasteiger charge is -2.11. The van der Waals surface area contributed by atoms with Crippen LogP contribution in [0, 0.1) is 11.3 Å². The van der Waals surface area contributed by atoms with E-state index >= 15 is 0 Å². The van der Waals surface area contributed by atoms with Gasteiger partial charge in [-0.25, -0.2) is 0 Å². The van der Waals surface area contributed by atoms with Crippen LogP contribution >= 0.6 is 0 Å². The van der Waals surface area contributed by atoms with E-state index < -0.39 is 11.7 Å². The fourth-order valence-electron chi connectivity index (χ4n) is 1.66. The second kappa shape index (κ2) is 4.06. The number of fused-ring (bicyclic) bond motifs is 1. The maximum absolute atomic E-state index is 12.8. The minimum Gasteiger partial charge on any atom is -0.256 e. The number of hydrogen-bond donors (Lipinski definition) is 0. The first-order valence-electron chi connectivity index (χ1n) is 4.84. The molecule has 86 valence electrons. The fraction of sp³-hybridized carbons (Fsp3) is 0.167. The molecule has 0 unspecified atom stereocenters. The van der Waals surface area contributed by atoms with Crippen molar-refractivity contribution in [3.8, 4) is 6.07 Å². The molecule has 0 N–H and O–H groups in total. The Hall–Kier alpha value is -2.09. The summed E-state index contributed by atoms with van der Waals surface area (Å²) in [5.41, 5.74) is -0.525. The van der Waals surface area contributed by atoms with Crippen LogP contribution < -0.4 is 0 Å². The Morgan fingerprint density at radius 3 is 2.71 bits per heavy atom. The number of aromatic nitrogens is 1. The lowest BCUT2D eigenvalue weighted by molar-refractivity contribution is -0.136. The SMILES string of the molecule is N#CCc1cc(C(F)(F)F)c2ncccc2c1. The summed E-state index contributed by atoms with van der Waals surface area (Å²) in [4.78, 5) is 3.75. The third-order valence-corrected chi connectivity index (χ3v) is 2.35. The van der Waals surface area contributed by atoms with Crippen molar-refractivity contribution in [1.82, 2.24) is 4.98 Å². The van der Waals surface area contributed by atoms with E-state index in [9.17, 15) is 13.2 Å². The molecule has 1 heterocycles. The highest BCUT2D eigenvalue weighted by Crippen LogP contribution is 2.34. The van der Waals surface area contributed by atoms with Crippen LogP contribution in [0.2, 0.25) is 0 Å². The molecule has 0 aliphatic carbocycles. The van der Waals surface area contributed by atoms with E-state index in [1.807, 2.05) is 6.07 Å². The number of benzene rings is 1. The van der Waals surface area contributed by atoms with Crippen LogP contribution in [0.5, 0.6) is 0 Å². The highest BCUT2D eigenvalue weighted by atomic mass is 19.4. The number of nitrogens with zero attached hydrogens (tertiary/aromatic N) is 2. The van der Waals surface area contributed by atoms with Crippen molar-refractivity contribution >= 4 is 10.9 Å². The van der Waals surface area contributed by atoms with Gasteiger partial charge in [-0.05, 0) is 23.8 Å². The van der Waals surface area contributed by atoms with Gasteiger partial charge in [0.15, 0.2) is 0 Å². The van der Waals surface area contributed by atoms with E-state index in [2.05, 4.69) is 4.98 Å². The number of rotatable bonds is 1. The summed E-state index contributed by atoms with van der Waals surface area (Å²) >= 11 is 0. The Labute approximate surface area is 95.3 Å². The van der Waals surface area contributed by atoms with Crippen molar-refractivity contribution in [2.45, 2.75) is 12.6 Å². The summed E-state index contributed by atoms with van der Waals surface area (Å²) in [6, 6.07) is 7.50. The van der Waals surface area contributed by atoms with Crippen LogP contribution in [-0.4, -0.2) is 4.98 Å². The van der Waals surface area contributed by atoms with Crippen LogP contribution in [0.3, 0.4) is 0 Å². The van der Waals surface area contributed by atoms with E-state index in [1.165, 1.54) is 6.20 Å². The highest BCUT2D eigenvalue weighted by Gasteiger charge is 2.33. The third-order valence-electron chi connectivity index (χ3n) is 2.35. The molecule has 17 heavy (non-hydrogen) atoms. The molecular formula is C12H7F3N2. The van der Waals surface area contributed by atoms with Gasteiger partial charge in [0.1, 0.15) is 0 Å². The van der Waals surface area contributed by atoms with Crippen LogP contribution in [-0.2, 0) is 12.6 Å². The molecule has 0 radical (unpaired) electrons. The van der Waals surface area contributed by atoms with Crippen molar-refractivity contribution in [1.29, 1.82) is 5.26 Å². The van der Waals surface area contributed by atoms with E-state index in [0.717, 1.165) is 6.07 Å². The minimum atomic E-state index is -4.46. The monoisotopic (exact) mass is 236 g/mol. The first kappa shape index (κ1) is 11.4. The molecule has 2 aromatic rings. The summed E-state index contributed by atoms with van der Waals surface area (Å²) in [7, 11) is 0. The summed E-state index contributed by atoms with van der Waals surface area (Å²) in [6.45, 7) is 0. The molecule has 1 aromatic heterocycles. The second-order valence-corrected chi connectivity index (χ2v) is 3.55. The minimum absolute atomic E-state index is 0.0477. The zero-order chi connectivity index (χ0) is 12.5. The molecular weight excluding hydrogens is 229 g/mol. The van der Waals surface area contributed by atoms with Gasteiger partial charge in [-0.2, -0.15) is 18.4 Å². The average molecular weight is 236 g/mol. The molecule has 0 fully saturated rings. The topological polar surface area (TPSA) is 36.7 Å². The lowest BCUT2D eigenvalue weighted by Crippen LogP contribution is -2.07. The number of alkyl halides is 3. The van der Waals surface area contributed by atoms with Crippen molar-refractivity contribution in [2.75, 3.05) is 0 Å². The van der Waals surface area contributed by atoms with E-state index in [1.54, 1.807) is 18.2 Å². The maximum atomic E-state index is 12.8. The first-order chi connectivity index (χ1) is 8.02. The van der Waals surface area contributed by atoms with Crippen molar-refractivity contribution in [3.63, 3.8) is 0 Å². The summed E-state index contributed by atoms with van der Waals surface area (Å²) in [6.07, 6.45) is -3.19. The number of hydrogen-bond acceptors (Lipinski definition) is 2. The quantitative estimate of drug-likeness (QED) is 0.761. The fourth-order valence-corrected chi connectivity index (χ4v) is 1.66. The van der Waals surface area contributed by atoms with Crippen LogP contribution in [0.15, 0.2) is 30.5 Å². The van der Waals surface area contributed by atoms with Crippen LogP contribution in [0.1, 0.15) is 11.1 Å². The van der Waals surface area contributed by atoms with Crippen molar-refractivity contribution < 1.29 is 13.2 Å².